The second-order valence-electron chi connectivity index (χ2n) is 2.56. The number of hydrogen-bond acceptors (Lipinski definition) is 3. The summed E-state index contributed by atoms with van der Waals surface area (Å²) < 4.78 is 0. The number of rotatable bonds is 3. The van der Waals surface area contributed by atoms with E-state index in [0.29, 0.717) is 10.6 Å². The van der Waals surface area contributed by atoms with Gasteiger partial charge in [-0.3, -0.25) is 14.9 Å². The van der Waals surface area contributed by atoms with E-state index in [0.717, 1.165) is 0 Å². The Hall–Kier alpha value is -1.13. The number of nitro groups is 1. The van der Waals surface area contributed by atoms with Crippen LogP contribution in [0.25, 0.3) is 0 Å². The average molecular weight is 234 g/mol. The van der Waals surface area contributed by atoms with Gasteiger partial charge in [-0.1, -0.05) is 11.6 Å². The van der Waals surface area contributed by atoms with E-state index in [1.807, 2.05) is 0 Å². The van der Waals surface area contributed by atoms with Crippen LogP contribution in [-0.2, 0) is 11.2 Å². The van der Waals surface area contributed by atoms with Crippen molar-refractivity contribution in [3.05, 3.63) is 38.9 Å². The molecular formula is C8H5Cl2NO3. The van der Waals surface area contributed by atoms with Crippen LogP contribution in [0.3, 0.4) is 0 Å². The largest absolute Gasteiger partial charge is 0.281 e. The van der Waals surface area contributed by atoms with E-state index in [1.165, 1.54) is 18.2 Å². The fourth-order valence-corrected chi connectivity index (χ4v) is 1.29. The first-order valence-corrected chi connectivity index (χ1v) is 4.37. The van der Waals surface area contributed by atoms with Crippen LogP contribution in [0.2, 0.25) is 5.02 Å². The van der Waals surface area contributed by atoms with Crippen LogP contribution in [0.1, 0.15) is 5.56 Å². The monoisotopic (exact) mass is 233 g/mol. The SMILES string of the molecule is O=C(Cl)Cc1cc([N+](=O)[O-])ccc1Cl. The van der Waals surface area contributed by atoms with Crippen molar-refractivity contribution in [1.29, 1.82) is 0 Å². The molecule has 0 radical (unpaired) electrons. The number of nitro benzene ring substituents is 1. The number of non-ortho nitro benzene ring substituents is 1. The first-order valence-electron chi connectivity index (χ1n) is 3.62. The number of nitrogens with zero attached hydrogens (tertiary/aromatic N) is 1. The lowest BCUT2D eigenvalue weighted by atomic mass is 10.1. The summed E-state index contributed by atoms with van der Waals surface area (Å²) in [6.45, 7) is 0. The maximum absolute atomic E-state index is 10.6. The van der Waals surface area contributed by atoms with E-state index >= 15 is 0 Å². The van der Waals surface area contributed by atoms with E-state index < -0.39 is 10.2 Å². The molecule has 0 bridgehead atoms. The van der Waals surface area contributed by atoms with E-state index in [2.05, 4.69) is 0 Å². The van der Waals surface area contributed by atoms with Gasteiger partial charge in [-0.2, -0.15) is 0 Å². The molecule has 0 N–H and O–H groups in total. The van der Waals surface area contributed by atoms with E-state index in [9.17, 15) is 14.9 Å². The highest BCUT2D eigenvalue weighted by Gasteiger charge is 2.11. The number of benzene rings is 1. The number of carbonyl (C=O) groups is 1. The van der Waals surface area contributed by atoms with Crippen molar-refractivity contribution in [3.8, 4) is 0 Å². The molecule has 0 spiro atoms. The Kier molecular flexibility index (Phi) is 3.43. The number of carbonyl (C=O) groups excluding carboxylic acids is 1. The molecule has 0 aromatic heterocycles. The van der Waals surface area contributed by atoms with Gasteiger partial charge in [0.2, 0.25) is 5.24 Å². The summed E-state index contributed by atoms with van der Waals surface area (Å²) in [6, 6.07) is 3.88. The summed E-state index contributed by atoms with van der Waals surface area (Å²) in [7, 11) is 0. The minimum absolute atomic E-state index is 0.109. The Morgan fingerprint density at radius 1 is 1.50 bits per heavy atom. The maximum atomic E-state index is 10.6. The standard InChI is InChI=1S/C8H5Cl2NO3/c9-7-2-1-6(11(13)14)3-5(7)4-8(10)12/h1-3H,4H2. The highest BCUT2D eigenvalue weighted by atomic mass is 35.5. The van der Waals surface area contributed by atoms with E-state index in [1.54, 1.807) is 0 Å². The molecule has 0 atom stereocenters. The minimum Gasteiger partial charge on any atom is -0.281 e. The fraction of sp³-hybridized carbons (Fsp3) is 0.125. The van der Waals surface area contributed by atoms with Crippen LogP contribution >= 0.6 is 23.2 Å². The third kappa shape index (κ3) is 2.68. The molecule has 14 heavy (non-hydrogen) atoms. The van der Waals surface area contributed by atoms with Crippen molar-refractivity contribution in [2.45, 2.75) is 6.42 Å². The summed E-state index contributed by atoms with van der Waals surface area (Å²) in [6.07, 6.45) is -0.109. The van der Waals surface area contributed by atoms with Crippen molar-refractivity contribution in [2.24, 2.45) is 0 Å². The van der Waals surface area contributed by atoms with Crippen molar-refractivity contribution in [3.63, 3.8) is 0 Å². The molecule has 0 aliphatic heterocycles. The molecular weight excluding hydrogens is 229 g/mol. The Labute approximate surface area is 89.6 Å². The van der Waals surface area contributed by atoms with Crippen LogP contribution in [0.5, 0.6) is 0 Å². The lowest BCUT2D eigenvalue weighted by Gasteiger charge is -1.99. The first kappa shape index (κ1) is 10.9. The molecule has 6 heteroatoms. The highest BCUT2D eigenvalue weighted by molar-refractivity contribution is 6.63. The van der Waals surface area contributed by atoms with Crippen LogP contribution in [0.4, 0.5) is 5.69 Å². The third-order valence-electron chi connectivity index (χ3n) is 1.57. The molecule has 0 saturated carbocycles. The van der Waals surface area contributed by atoms with Crippen LogP contribution in [0, 0.1) is 10.1 Å². The minimum atomic E-state index is -0.604. The summed E-state index contributed by atoms with van der Waals surface area (Å²) in [5, 5.41) is 10.1. The Balaban J connectivity index is 3.08. The van der Waals surface area contributed by atoms with E-state index in [-0.39, 0.29) is 12.1 Å². The van der Waals surface area contributed by atoms with Gasteiger partial charge in [0, 0.05) is 23.6 Å². The molecule has 0 saturated heterocycles. The van der Waals surface area contributed by atoms with Gasteiger partial charge in [0.15, 0.2) is 0 Å². The molecule has 1 aromatic carbocycles. The van der Waals surface area contributed by atoms with Gasteiger partial charge < -0.3 is 0 Å². The quantitative estimate of drug-likeness (QED) is 0.458. The predicted molar refractivity (Wildman–Crippen MR) is 52.7 cm³/mol. The zero-order valence-corrected chi connectivity index (χ0v) is 8.38. The Bertz CT molecular complexity index is 392. The molecule has 0 aliphatic rings. The molecule has 0 fully saturated rings. The number of hydrogen-bond donors (Lipinski definition) is 0. The lowest BCUT2D eigenvalue weighted by Crippen LogP contribution is -1.96. The average Bonchev–Trinajstić information content (AvgIpc) is 2.07. The van der Waals surface area contributed by atoms with Gasteiger partial charge in [0.1, 0.15) is 0 Å². The van der Waals surface area contributed by atoms with Gasteiger partial charge in [-0.15, -0.1) is 0 Å². The van der Waals surface area contributed by atoms with Gasteiger partial charge in [-0.25, -0.2) is 0 Å². The summed E-state index contributed by atoms with van der Waals surface area (Å²) in [4.78, 5) is 20.4. The summed E-state index contributed by atoms with van der Waals surface area (Å²) in [5.41, 5.74) is 0.253. The van der Waals surface area contributed by atoms with Crippen LogP contribution < -0.4 is 0 Å². The normalized spacial score (nSPS) is 9.86. The Morgan fingerprint density at radius 3 is 2.64 bits per heavy atom. The topological polar surface area (TPSA) is 60.2 Å². The van der Waals surface area contributed by atoms with Crippen molar-refractivity contribution < 1.29 is 9.72 Å². The molecule has 0 heterocycles. The van der Waals surface area contributed by atoms with Crippen molar-refractivity contribution in [2.75, 3.05) is 0 Å². The van der Waals surface area contributed by atoms with Crippen LogP contribution in [0.15, 0.2) is 18.2 Å². The first-order chi connectivity index (χ1) is 6.50. The predicted octanol–water partition coefficient (Wildman–Crippen LogP) is 2.56. The second kappa shape index (κ2) is 4.39. The van der Waals surface area contributed by atoms with Gasteiger partial charge in [0.25, 0.3) is 5.69 Å². The smallest absolute Gasteiger partial charge is 0.269 e. The molecule has 1 rings (SSSR count). The molecule has 4 nitrogen and oxygen atoms in total. The second-order valence-corrected chi connectivity index (χ2v) is 3.39. The molecule has 0 amide bonds. The Morgan fingerprint density at radius 2 is 2.14 bits per heavy atom. The van der Waals surface area contributed by atoms with Gasteiger partial charge in [-0.05, 0) is 23.2 Å². The van der Waals surface area contributed by atoms with E-state index in [4.69, 9.17) is 23.2 Å². The zero-order valence-electron chi connectivity index (χ0n) is 6.87. The maximum Gasteiger partial charge on any atom is 0.269 e. The van der Waals surface area contributed by atoms with Gasteiger partial charge in [0.05, 0.1) is 4.92 Å². The molecule has 1 aromatic rings. The summed E-state index contributed by atoms with van der Waals surface area (Å²) >= 11 is 10.9. The zero-order chi connectivity index (χ0) is 10.7. The lowest BCUT2D eigenvalue weighted by molar-refractivity contribution is -0.384. The summed E-state index contributed by atoms with van der Waals surface area (Å²) in [5.74, 6) is 0. The molecule has 0 unspecified atom stereocenters. The third-order valence-corrected chi connectivity index (χ3v) is 2.07. The molecule has 74 valence electrons. The number of halogens is 2. The van der Waals surface area contributed by atoms with Crippen molar-refractivity contribution >= 4 is 34.1 Å². The van der Waals surface area contributed by atoms with Crippen LogP contribution in [-0.4, -0.2) is 10.2 Å². The van der Waals surface area contributed by atoms with Crippen molar-refractivity contribution in [1.82, 2.24) is 0 Å². The fourth-order valence-electron chi connectivity index (χ4n) is 0.960. The highest BCUT2D eigenvalue weighted by Crippen LogP contribution is 2.22. The van der Waals surface area contributed by atoms with Gasteiger partial charge >= 0.3 is 0 Å². The molecule has 0 aliphatic carbocycles.